The Bertz CT molecular complexity index is 1060. The third-order valence-corrected chi connectivity index (χ3v) is 5.52. The van der Waals surface area contributed by atoms with Crippen LogP contribution in [-0.4, -0.2) is 21.4 Å². The van der Waals surface area contributed by atoms with Crippen LogP contribution in [0.15, 0.2) is 48.5 Å². The molecule has 4 rings (SSSR count). The van der Waals surface area contributed by atoms with E-state index in [0.717, 1.165) is 40.6 Å². The van der Waals surface area contributed by atoms with Crippen molar-refractivity contribution in [3.63, 3.8) is 0 Å². The first-order chi connectivity index (χ1) is 13.0. The van der Waals surface area contributed by atoms with Gasteiger partial charge in [-0.25, -0.2) is 0 Å². The van der Waals surface area contributed by atoms with Crippen LogP contribution in [-0.2, 0) is 16.6 Å². The first-order valence-electron chi connectivity index (χ1n) is 9.11. The molecule has 1 aromatic heterocycles. The number of carbonyl (C=O) groups is 1. The van der Waals surface area contributed by atoms with Crippen LogP contribution in [0, 0.1) is 6.92 Å². The van der Waals surface area contributed by atoms with Gasteiger partial charge < -0.3 is 5.32 Å². The number of aryl methyl sites for hydroxylation is 1. The summed E-state index contributed by atoms with van der Waals surface area (Å²) >= 11 is 0. The second-order valence-electron chi connectivity index (χ2n) is 7.26. The van der Waals surface area contributed by atoms with Gasteiger partial charge in [-0.05, 0) is 55.7 Å². The second kappa shape index (κ2) is 7.24. The molecule has 27 heavy (non-hydrogen) atoms. The Morgan fingerprint density at radius 3 is 2.74 bits per heavy atom. The summed E-state index contributed by atoms with van der Waals surface area (Å²) in [6, 6.07) is 15.5. The maximum atomic E-state index is 13.1. The summed E-state index contributed by atoms with van der Waals surface area (Å²) in [6.07, 6.45) is 3.96. The molecule has 1 N–H and O–H groups in total. The molecule has 1 fully saturated rings. The zero-order valence-electron chi connectivity index (χ0n) is 15.5. The number of benzene rings is 2. The molecule has 0 unspecified atom stereocenters. The van der Waals surface area contributed by atoms with Gasteiger partial charge in [-0.3, -0.25) is 14.0 Å². The van der Waals surface area contributed by atoms with Gasteiger partial charge in [0, 0.05) is 45.5 Å². The monoisotopic (exact) mass is 378 g/mol. The number of anilines is 1. The van der Waals surface area contributed by atoms with Crippen LogP contribution < -0.4 is 5.32 Å². The molecular formula is C22H22N2O2S. The van der Waals surface area contributed by atoms with Crippen molar-refractivity contribution in [2.24, 2.45) is 0 Å². The summed E-state index contributed by atoms with van der Waals surface area (Å²) < 4.78 is 11.5. The van der Waals surface area contributed by atoms with Crippen molar-refractivity contribution >= 4 is 33.3 Å². The van der Waals surface area contributed by atoms with Crippen molar-refractivity contribution in [2.75, 3.05) is 11.6 Å². The smallest absolute Gasteiger partial charge is 0.256 e. The molecule has 0 spiro atoms. The molecule has 138 valence electrons. The fourth-order valence-corrected chi connectivity index (χ4v) is 3.96. The van der Waals surface area contributed by atoms with Crippen molar-refractivity contribution in [3.05, 3.63) is 70.9 Å². The van der Waals surface area contributed by atoms with Gasteiger partial charge in [-0.2, -0.15) is 0 Å². The van der Waals surface area contributed by atoms with Gasteiger partial charge >= 0.3 is 0 Å². The molecule has 1 aliphatic rings. The van der Waals surface area contributed by atoms with E-state index >= 15 is 0 Å². The number of nitrogens with one attached hydrogen (secondary N) is 1. The average Bonchev–Trinajstić information content (AvgIpc) is 3.45. The maximum absolute atomic E-state index is 13.1. The largest absolute Gasteiger partial charge is 0.322 e. The molecule has 5 heteroatoms. The molecule has 0 saturated heterocycles. The van der Waals surface area contributed by atoms with Crippen LogP contribution in [0.25, 0.3) is 10.9 Å². The quantitative estimate of drug-likeness (QED) is 0.708. The van der Waals surface area contributed by atoms with Crippen molar-refractivity contribution in [1.82, 2.24) is 4.98 Å². The van der Waals surface area contributed by atoms with Crippen molar-refractivity contribution in [3.8, 4) is 0 Å². The Balaban J connectivity index is 1.69. The topological polar surface area (TPSA) is 59.1 Å². The van der Waals surface area contributed by atoms with E-state index in [1.807, 2.05) is 55.5 Å². The Labute approximate surface area is 161 Å². The summed E-state index contributed by atoms with van der Waals surface area (Å²) in [5.41, 5.74) is 5.30. The van der Waals surface area contributed by atoms with E-state index in [4.69, 9.17) is 4.98 Å². The lowest BCUT2D eigenvalue weighted by Gasteiger charge is -2.11. The second-order valence-corrected chi connectivity index (χ2v) is 8.70. The summed E-state index contributed by atoms with van der Waals surface area (Å²) in [4.78, 5) is 17.8. The van der Waals surface area contributed by atoms with Crippen LogP contribution in [0.5, 0.6) is 0 Å². The summed E-state index contributed by atoms with van der Waals surface area (Å²) in [5, 5.41) is 3.88. The van der Waals surface area contributed by atoms with Gasteiger partial charge in [-0.1, -0.05) is 23.8 Å². The lowest BCUT2D eigenvalue weighted by molar-refractivity contribution is 0.102. The first-order valence-corrected chi connectivity index (χ1v) is 10.8. The maximum Gasteiger partial charge on any atom is 0.256 e. The zero-order valence-corrected chi connectivity index (χ0v) is 16.3. The lowest BCUT2D eigenvalue weighted by Crippen LogP contribution is -2.13. The molecule has 1 aliphatic carbocycles. The van der Waals surface area contributed by atoms with Gasteiger partial charge in [0.15, 0.2) is 0 Å². The van der Waals surface area contributed by atoms with E-state index in [0.29, 0.717) is 22.9 Å². The predicted molar refractivity (Wildman–Crippen MR) is 111 cm³/mol. The van der Waals surface area contributed by atoms with Gasteiger partial charge in [0.1, 0.15) is 0 Å². The Hall–Kier alpha value is -2.53. The Morgan fingerprint density at radius 2 is 2.00 bits per heavy atom. The molecule has 0 bridgehead atoms. The molecule has 1 saturated carbocycles. The third-order valence-electron chi connectivity index (χ3n) is 4.78. The molecule has 0 radical (unpaired) electrons. The van der Waals surface area contributed by atoms with Gasteiger partial charge in [0.25, 0.3) is 5.91 Å². The van der Waals surface area contributed by atoms with E-state index in [1.54, 1.807) is 6.26 Å². The number of hydrogen-bond acceptors (Lipinski definition) is 3. The van der Waals surface area contributed by atoms with Crippen LogP contribution >= 0.6 is 0 Å². The number of fused-ring (bicyclic) bond motifs is 1. The number of amides is 1. The molecule has 2 aromatic carbocycles. The number of rotatable bonds is 5. The third kappa shape index (κ3) is 4.08. The van der Waals surface area contributed by atoms with Crippen molar-refractivity contribution in [2.45, 2.75) is 31.4 Å². The van der Waals surface area contributed by atoms with E-state index in [9.17, 15) is 9.00 Å². The summed E-state index contributed by atoms with van der Waals surface area (Å²) in [7, 11) is -0.917. The fourth-order valence-electron chi connectivity index (χ4n) is 3.31. The van der Waals surface area contributed by atoms with E-state index in [-0.39, 0.29) is 5.91 Å². The zero-order chi connectivity index (χ0) is 19.0. The minimum absolute atomic E-state index is 0.135. The van der Waals surface area contributed by atoms with Crippen LogP contribution in [0.3, 0.4) is 0 Å². The first kappa shape index (κ1) is 17.9. The highest BCUT2D eigenvalue weighted by Crippen LogP contribution is 2.40. The van der Waals surface area contributed by atoms with Crippen LogP contribution in [0.4, 0.5) is 5.69 Å². The molecule has 1 atom stereocenters. The van der Waals surface area contributed by atoms with Gasteiger partial charge in [-0.15, -0.1) is 0 Å². The molecule has 1 heterocycles. The van der Waals surface area contributed by atoms with Gasteiger partial charge in [0.2, 0.25) is 0 Å². The molecule has 1 amide bonds. The van der Waals surface area contributed by atoms with E-state index < -0.39 is 10.8 Å². The summed E-state index contributed by atoms with van der Waals surface area (Å²) in [5.74, 6) is 0.821. The highest BCUT2D eigenvalue weighted by Gasteiger charge is 2.27. The van der Waals surface area contributed by atoms with E-state index in [2.05, 4.69) is 5.32 Å². The van der Waals surface area contributed by atoms with Crippen LogP contribution in [0.1, 0.15) is 45.9 Å². The number of carbonyl (C=O) groups excluding carboxylic acids is 1. The highest BCUT2D eigenvalue weighted by atomic mass is 32.2. The van der Waals surface area contributed by atoms with Gasteiger partial charge in [0.05, 0.1) is 11.1 Å². The Kier molecular flexibility index (Phi) is 4.79. The average molecular weight is 378 g/mol. The number of hydrogen-bond donors (Lipinski definition) is 1. The molecule has 0 aliphatic heterocycles. The minimum Gasteiger partial charge on any atom is -0.322 e. The van der Waals surface area contributed by atoms with E-state index in [1.165, 1.54) is 0 Å². The predicted octanol–water partition coefficient (Wildman–Crippen LogP) is 4.55. The van der Waals surface area contributed by atoms with Crippen molar-refractivity contribution < 1.29 is 9.00 Å². The molecular weight excluding hydrogens is 356 g/mol. The Morgan fingerprint density at radius 1 is 1.19 bits per heavy atom. The SMILES string of the molecule is Cc1ccc2nc(C3CC3)cc(C(=O)Nc3cccc(C[S@](C)=O)c3)c2c1. The standard InChI is InChI=1S/C22H22N2O2S/c1-14-6-9-20-18(10-14)19(12-21(24-20)16-7-8-16)22(25)23-17-5-3-4-15(11-17)13-27(2)26/h3-6,9-12,16H,7-8,13H2,1-2H3,(H,23,25)/t27-/m0/s1. The molecule has 3 aromatic rings. The number of pyridine rings is 1. The normalized spacial score (nSPS) is 14.9. The molecule has 4 nitrogen and oxygen atoms in total. The summed E-state index contributed by atoms with van der Waals surface area (Å²) in [6.45, 7) is 2.02. The highest BCUT2D eigenvalue weighted by molar-refractivity contribution is 7.83. The number of aromatic nitrogens is 1. The van der Waals surface area contributed by atoms with Crippen LogP contribution in [0.2, 0.25) is 0 Å². The number of nitrogens with zero attached hydrogens (tertiary/aromatic N) is 1. The lowest BCUT2D eigenvalue weighted by atomic mass is 10.0. The minimum atomic E-state index is -0.917. The van der Waals surface area contributed by atoms with Crippen molar-refractivity contribution in [1.29, 1.82) is 0 Å². The fraction of sp³-hybridized carbons (Fsp3) is 0.273.